The van der Waals surface area contributed by atoms with Crippen molar-refractivity contribution in [2.45, 2.75) is 32.2 Å². The van der Waals surface area contributed by atoms with Crippen molar-refractivity contribution in [3.05, 3.63) is 90.3 Å². The Bertz CT molecular complexity index is 1200. The van der Waals surface area contributed by atoms with Crippen LogP contribution in [-0.4, -0.2) is 35.7 Å². The number of nitrogens with zero attached hydrogens (tertiary/aromatic N) is 2. The second-order valence-electron chi connectivity index (χ2n) is 8.13. The van der Waals surface area contributed by atoms with Crippen molar-refractivity contribution in [2.75, 3.05) is 20.3 Å². The number of benzene rings is 3. The Balaban J connectivity index is 1.29. The monoisotopic (exact) mass is 457 g/mol. The number of hydrogen-bond donors (Lipinski definition) is 1. The molecule has 1 aromatic heterocycles. The molecule has 0 radical (unpaired) electrons. The van der Waals surface area contributed by atoms with Crippen molar-refractivity contribution >= 4 is 16.9 Å². The van der Waals surface area contributed by atoms with E-state index >= 15 is 0 Å². The highest BCUT2D eigenvalue weighted by molar-refractivity contribution is 5.76. The Labute approximate surface area is 200 Å². The summed E-state index contributed by atoms with van der Waals surface area (Å²) in [5, 5.41) is 3.04. The van der Waals surface area contributed by atoms with Gasteiger partial charge in [-0.2, -0.15) is 0 Å². The van der Waals surface area contributed by atoms with Gasteiger partial charge in [0.1, 0.15) is 23.9 Å². The van der Waals surface area contributed by atoms with E-state index in [2.05, 4.69) is 28.1 Å². The van der Waals surface area contributed by atoms with Crippen LogP contribution in [0.3, 0.4) is 0 Å². The quantitative estimate of drug-likeness (QED) is 0.310. The number of ether oxygens (including phenoxy) is 2. The highest BCUT2D eigenvalue weighted by Gasteiger charge is 2.11. The zero-order valence-corrected chi connectivity index (χ0v) is 19.6. The lowest BCUT2D eigenvalue weighted by Gasteiger charge is -2.12. The topological polar surface area (TPSA) is 65.4 Å². The van der Waals surface area contributed by atoms with Gasteiger partial charge in [-0.1, -0.05) is 48.5 Å². The number of para-hydroxylation sites is 2. The van der Waals surface area contributed by atoms with Crippen LogP contribution < -0.4 is 14.8 Å². The summed E-state index contributed by atoms with van der Waals surface area (Å²) in [6.07, 6.45) is 2.88. The number of carbonyl (C=O) groups is 1. The lowest BCUT2D eigenvalue weighted by atomic mass is 10.1. The number of methoxy groups -OCH3 is 1. The highest BCUT2D eigenvalue weighted by Crippen LogP contribution is 2.20. The lowest BCUT2D eigenvalue weighted by Crippen LogP contribution is -2.25. The zero-order chi connectivity index (χ0) is 23.6. The molecule has 0 aliphatic rings. The minimum atomic E-state index is 0.0871. The molecule has 1 N–H and O–H groups in total. The van der Waals surface area contributed by atoms with Gasteiger partial charge in [0.25, 0.3) is 0 Å². The second-order valence-corrected chi connectivity index (χ2v) is 8.13. The van der Waals surface area contributed by atoms with E-state index in [-0.39, 0.29) is 5.91 Å². The number of hydrogen-bond acceptors (Lipinski definition) is 4. The molecule has 34 heavy (non-hydrogen) atoms. The maximum absolute atomic E-state index is 12.2. The molecule has 0 saturated heterocycles. The predicted molar refractivity (Wildman–Crippen MR) is 134 cm³/mol. The Morgan fingerprint density at radius 1 is 0.941 bits per heavy atom. The highest BCUT2D eigenvalue weighted by atomic mass is 16.5. The summed E-state index contributed by atoms with van der Waals surface area (Å²) in [4.78, 5) is 17.0. The summed E-state index contributed by atoms with van der Waals surface area (Å²) >= 11 is 0. The fourth-order valence-electron chi connectivity index (χ4n) is 3.98. The van der Waals surface area contributed by atoms with Gasteiger partial charge < -0.3 is 19.4 Å². The van der Waals surface area contributed by atoms with Crippen molar-refractivity contribution in [2.24, 2.45) is 0 Å². The fraction of sp³-hybridized carbons (Fsp3) is 0.286. The van der Waals surface area contributed by atoms with Crippen LogP contribution in [0.2, 0.25) is 0 Å². The van der Waals surface area contributed by atoms with Crippen molar-refractivity contribution in [3.8, 4) is 11.5 Å². The Morgan fingerprint density at radius 2 is 1.74 bits per heavy atom. The molecule has 0 atom stereocenters. The van der Waals surface area contributed by atoms with Gasteiger partial charge in [-0.15, -0.1) is 0 Å². The van der Waals surface area contributed by atoms with Crippen molar-refractivity contribution in [1.82, 2.24) is 14.9 Å². The number of amides is 1. The minimum Gasteiger partial charge on any atom is -0.497 e. The SMILES string of the molecule is COc1cccc(OCCn2c(CCCNC(=O)CCc3ccccc3)nc3ccccc32)c1. The maximum atomic E-state index is 12.2. The summed E-state index contributed by atoms with van der Waals surface area (Å²) in [5.41, 5.74) is 3.26. The molecule has 0 unspecified atom stereocenters. The van der Waals surface area contributed by atoms with Crippen molar-refractivity contribution < 1.29 is 14.3 Å². The molecule has 1 amide bonds. The molecule has 176 valence electrons. The predicted octanol–water partition coefficient (Wildman–Crippen LogP) is 4.81. The molecule has 6 heteroatoms. The smallest absolute Gasteiger partial charge is 0.220 e. The third-order valence-electron chi connectivity index (χ3n) is 5.74. The number of nitrogens with one attached hydrogen (secondary N) is 1. The van der Waals surface area contributed by atoms with E-state index in [1.165, 1.54) is 5.56 Å². The van der Waals surface area contributed by atoms with Gasteiger partial charge in [-0.05, 0) is 42.7 Å². The molecule has 0 aliphatic carbocycles. The first kappa shape index (κ1) is 23.4. The van der Waals surface area contributed by atoms with E-state index in [1.54, 1.807) is 7.11 Å². The van der Waals surface area contributed by atoms with E-state index < -0.39 is 0 Å². The van der Waals surface area contributed by atoms with Gasteiger partial charge in [0, 0.05) is 25.5 Å². The Kier molecular flexibility index (Phi) is 8.17. The van der Waals surface area contributed by atoms with E-state index in [1.807, 2.05) is 60.7 Å². The molecule has 4 aromatic rings. The first-order chi connectivity index (χ1) is 16.7. The van der Waals surface area contributed by atoms with Gasteiger partial charge in [-0.3, -0.25) is 4.79 Å². The molecule has 6 nitrogen and oxygen atoms in total. The van der Waals surface area contributed by atoms with Crippen LogP contribution in [-0.2, 0) is 24.2 Å². The Morgan fingerprint density at radius 3 is 2.59 bits per heavy atom. The molecule has 0 fully saturated rings. The van der Waals surface area contributed by atoms with Crippen LogP contribution in [0, 0.1) is 0 Å². The summed E-state index contributed by atoms with van der Waals surface area (Å²) in [7, 11) is 1.65. The van der Waals surface area contributed by atoms with Gasteiger partial charge in [0.2, 0.25) is 5.91 Å². The van der Waals surface area contributed by atoms with Crippen molar-refractivity contribution in [3.63, 3.8) is 0 Å². The molecular weight excluding hydrogens is 426 g/mol. The standard InChI is InChI=1S/C28H31N3O3/c1-33-23-11-7-12-24(21-23)34-20-19-31-26-14-6-5-13-25(26)30-27(31)15-8-18-29-28(32)17-16-22-9-3-2-4-10-22/h2-7,9-14,21H,8,15-20H2,1H3,(H,29,32). The minimum absolute atomic E-state index is 0.0871. The molecule has 0 saturated carbocycles. The molecule has 3 aromatic carbocycles. The molecule has 0 bridgehead atoms. The maximum Gasteiger partial charge on any atom is 0.220 e. The van der Waals surface area contributed by atoms with Gasteiger partial charge >= 0.3 is 0 Å². The summed E-state index contributed by atoms with van der Waals surface area (Å²) in [6, 6.07) is 25.9. The van der Waals surface area contributed by atoms with Crippen LogP contribution in [0.25, 0.3) is 11.0 Å². The number of imidazole rings is 1. The van der Waals surface area contributed by atoms with Gasteiger partial charge in [0.15, 0.2) is 0 Å². The number of aromatic nitrogens is 2. The first-order valence-corrected chi connectivity index (χ1v) is 11.7. The zero-order valence-electron chi connectivity index (χ0n) is 19.6. The molecule has 0 spiro atoms. The summed E-state index contributed by atoms with van der Waals surface area (Å²) in [5.74, 6) is 2.65. The van der Waals surface area contributed by atoms with Gasteiger partial charge in [0.05, 0.1) is 24.7 Å². The summed E-state index contributed by atoms with van der Waals surface area (Å²) < 4.78 is 13.4. The third-order valence-corrected chi connectivity index (χ3v) is 5.74. The van der Waals surface area contributed by atoms with Crippen LogP contribution in [0.5, 0.6) is 11.5 Å². The van der Waals surface area contributed by atoms with E-state index in [0.29, 0.717) is 26.1 Å². The molecular formula is C28H31N3O3. The van der Waals surface area contributed by atoms with Gasteiger partial charge in [-0.25, -0.2) is 4.98 Å². The van der Waals surface area contributed by atoms with E-state index in [4.69, 9.17) is 14.5 Å². The van der Waals surface area contributed by atoms with Crippen LogP contribution in [0.15, 0.2) is 78.9 Å². The van der Waals surface area contributed by atoms with E-state index in [9.17, 15) is 4.79 Å². The van der Waals surface area contributed by atoms with Crippen LogP contribution >= 0.6 is 0 Å². The fourth-order valence-corrected chi connectivity index (χ4v) is 3.98. The third kappa shape index (κ3) is 6.38. The largest absolute Gasteiger partial charge is 0.497 e. The number of aryl methyl sites for hydroxylation is 2. The van der Waals surface area contributed by atoms with Crippen LogP contribution in [0.4, 0.5) is 0 Å². The van der Waals surface area contributed by atoms with Crippen LogP contribution in [0.1, 0.15) is 24.2 Å². The molecule has 0 aliphatic heterocycles. The summed E-state index contributed by atoms with van der Waals surface area (Å²) in [6.45, 7) is 1.85. The lowest BCUT2D eigenvalue weighted by molar-refractivity contribution is -0.121. The molecule has 4 rings (SSSR count). The first-order valence-electron chi connectivity index (χ1n) is 11.7. The Hall–Kier alpha value is -3.80. The molecule has 1 heterocycles. The second kappa shape index (κ2) is 11.9. The average Bonchev–Trinajstić information content (AvgIpc) is 3.23. The normalized spacial score (nSPS) is 10.9. The van der Waals surface area contributed by atoms with Crippen molar-refractivity contribution in [1.29, 1.82) is 0 Å². The average molecular weight is 458 g/mol. The number of carbonyl (C=O) groups excluding carboxylic acids is 1. The number of rotatable bonds is 12. The number of fused-ring (bicyclic) bond motifs is 1. The van der Waals surface area contributed by atoms with E-state index in [0.717, 1.165) is 47.6 Å².